The molecule has 2 rings (SSSR count). The van der Waals surface area contributed by atoms with Crippen LogP contribution in [0.3, 0.4) is 0 Å². The van der Waals surface area contributed by atoms with Gasteiger partial charge in [-0.2, -0.15) is 11.8 Å². The molecule has 1 aromatic rings. The lowest BCUT2D eigenvalue weighted by molar-refractivity contribution is 0.622. The number of thioether (sulfide) groups is 1. The van der Waals surface area contributed by atoms with Gasteiger partial charge in [0.15, 0.2) is 5.96 Å². The van der Waals surface area contributed by atoms with Crippen molar-refractivity contribution in [3.8, 4) is 0 Å². The molecule has 0 aliphatic carbocycles. The predicted octanol–water partition coefficient (Wildman–Crippen LogP) is 2.92. The summed E-state index contributed by atoms with van der Waals surface area (Å²) in [5.74, 6) is 3.55. The second kappa shape index (κ2) is 10.2. The van der Waals surface area contributed by atoms with Crippen molar-refractivity contribution in [3.05, 3.63) is 29.8 Å². The summed E-state index contributed by atoms with van der Waals surface area (Å²) in [6.45, 7) is 8.09. The molecule has 0 atom stereocenters. The monoisotopic (exact) mass is 434 g/mol. The van der Waals surface area contributed by atoms with Crippen LogP contribution in [0.4, 0.5) is 5.69 Å². The summed E-state index contributed by atoms with van der Waals surface area (Å²) in [7, 11) is 0. The van der Waals surface area contributed by atoms with Crippen LogP contribution in [0, 0.1) is 5.92 Å². The molecule has 4 nitrogen and oxygen atoms in total. The standard InChI is InChI=1S/C16H26N4S.HI/c1-13(2)11-18-16(17)19-12-14-3-5-15(6-4-14)20-7-9-21-10-8-20;/h3-6,13H,7-12H2,1-2H3,(H3,17,18,19);1H. The molecule has 3 N–H and O–H groups in total. The van der Waals surface area contributed by atoms with Gasteiger partial charge >= 0.3 is 0 Å². The van der Waals surface area contributed by atoms with Crippen molar-refractivity contribution in [2.45, 2.75) is 20.4 Å². The maximum Gasteiger partial charge on any atom is 0.188 e. The van der Waals surface area contributed by atoms with Crippen LogP contribution in [0.15, 0.2) is 29.3 Å². The van der Waals surface area contributed by atoms with Gasteiger partial charge in [0.25, 0.3) is 0 Å². The molecule has 22 heavy (non-hydrogen) atoms. The van der Waals surface area contributed by atoms with E-state index in [-0.39, 0.29) is 24.0 Å². The Labute approximate surface area is 155 Å². The normalized spacial score (nSPS) is 15.6. The van der Waals surface area contributed by atoms with Crippen LogP contribution >= 0.6 is 35.7 Å². The average molecular weight is 434 g/mol. The molecule has 0 amide bonds. The first kappa shape index (κ1) is 19.4. The van der Waals surface area contributed by atoms with Crippen LogP contribution in [0.5, 0.6) is 0 Å². The molecule has 1 heterocycles. The van der Waals surface area contributed by atoms with Crippen LogP contribution in [-0.4, -0.2) is 37.1 Å². The quantitative estimate of drug-likeness (QED) is 0.425. The van der Waals surface area contributed by atoms with Gasteiger partial charge in [-0.3, -0.25) is 0 Å². The summed E-state index contributed by atoms with van der Waals surface area (Å²) in [5.41, 5.74) is 8.35. The highest BCUT2D eigenvalue weighted by atomic mass is 127. The summed E-state index contributed by atoms with van der Waals surface area (Å²) in [5, 5.41) is 3.13. The number of nitrogens with two attached hydrogens (primary N) is 1. The molecule has 1 saturated heterocycles. The minimum absolute atomic E-state index is 0. The predicted molar refractivity (Wildman–Crippen MR) is 110 cm³/mol. The Morgan fingerprint density at radius 3 is 2.50 bits per heavy atom. The van der Waals surface area contributed by atoms with Crippen molar-refractivity contribution < 1.29 is 0 Å². The number of hydrogen-bond donors (Lipinski definition) is 2. The SMILES string of the molecule is CC(C)CNC(N)=NCc1ccc(N2CCSCC2)cc1.I. The average Bonchev–Trinajstić information content (AvgIpc) is 2.52. The summed E-state index contributed by atoms with van der Waals surface area (Å²) in [6.07, 6.45) is 0. The Hall–Kier alpha value is -0.630. The number of guanidine groups is 1. The third kappa shape index (κ3) is 6.64. The summed E-state index contributed by atoms with van der Waals surface area (Å²) >= 11 is 2.03. The lowest BCUT2D eigenvalue weighted by Gasteiger charge is -2.28. The van der Waals surface area contributed by atoms with Gasteiger partial charge < -0.3 is 16.0 Å². The van der Waals surface area contributed by atoms with Crippen LogP contribution in [-0.2, 0) is 6.54 Å². The largest absolute Gasteiger partial charge is 0.370 e. The van der Waals surface area contributed by atoms with Crippen molar-refractivity contribution in [2.75, 3.05) is 36.0 Å². The van der Waals surface area contributed by atoms with E-state index in [1.165, 1.54) is 22.8 Å². The van der Waals surface area contributed by atoms with E-state index in [4.69, 9.17) is 5.73 Å². The number of hydrogen-bond acceptors (Lipinski definition) is 3. The van der Waals surface area contributed by atoms with Crippen molar-refractivity contribution in [2.24, 2.45) is 16.6 Å². The van der Waals surface area contributed by atoms with E-state index in [2.05, 4.69) is 53.3 Å². The molecule has 1 aliphatic rings. The molecule has 0 bridgehead atoms. The highest BCUT2D eigenvalue weighted by Crippen LogP contribution is 2.20. The number of nitrogens with zero attached hydrogens (tertiary/aromatic N) is 2. The van der Waals surface area contributed by atoms with Crippen molar-refractivity contribution in [1.82, 2.24) is 5.32 Å². The number of nitrogens with one attached hydrogen (secondary N) is 1. The Morgan fingerprint density at radius 2 is 1.91 bits per heavy atom. The zero-order chi connectivity index (χ0) is 15.1. The number of halogens is 1. The van der Waals surface area contributed by atoms with Crippen LogP contribution < -0.4 is 16.0 Å². The first-order valence-corrected chi connectivity index (χ1v) is 8.76. The number of benzene rings is 1. The molecule has 0 spiro atoms. The molecule has 1 aromatic carbocycles. The molecule has 1 aliphatic heterocycles. The van der Waals surface area contributed by atoms with E-state index in [0.29, 0.717) is 18.4 Å². The zero-order valence-corrected chi connectivity index (χ0v) is 16.6. The third-order valence-electron chi connectivity index (χ3n) is 3.44. The lowest BCUT2D eigenvalue weighted by atomic mass is 10.2. The molecular formula is C16H27IN4S. The number of rotatable bonds is 5. The van der Waals surface area contributed by atoms with Gasteiger partial charge in [-0.05, 0) is 23.6 Å². The van der Waals surface area contributed by atoms with E-state index in [9.17, 15) is 0 Å². The Balaban J connectivity index is 0.00000242. The van der Waals surface area contributed by atoms with E-state index < -0.39 is 0 Å². The van der Waals surface area contributed by atoms with Gasteiger partial charge in [-0.1, -0.05) is 26.0 Å². The second-order valence-corrected chi connectivity index (χ2v) is 6.97. The first-order chi connectivity index (χ1) is 10.1. The molecule has 124 valence electrons. The summed E-state index contributed by atoms with van der Waals surface area (Å²) in [6, 6.07) is 8.68. The van der Waals surface area contributed by atoms with Gasteiger partial charge in [0, 0.05) is 36.8 Å². The molecule has 1 fully saturated rings. The molecular weight excluding hydrogens is 407 g/mol. The van der Waals surface area contributed by atoms with Crippen LogP contribution in [0.1, 0.15) is 19.4 Å². The molecule has 0 radical (unpaired) electrons. The van der Waals surface area contributed by atoms with Crippen molar-refractivity contribution in [1.29, 1.82) is 0 Å². The van der Waals surface area contributed by atoms with E-state index in [1.54, 1.807) is 0 Å². The number of anilines is 1. The Bertz CT molecular complexity index is 456. The van der Waals surface area contributed by atoms with E-state index >= 15 is 0 Å². The molecule has 0 aromatic heterocycles. The molecule has 0 saturated carbocycles. The fourth-order valence-electron chi connectivity index (χ4n) is 2.17. The van der Waals surface area contributed by atoms with Gasteiger partial charge in [0.1, 0.15) is 0 Å². The van der Waals surface area contributed by atoms with Gasteiger partial charge in [0.05, 0.1) is 6.54 Å². The highest BCUT2D eigenvalue weighted by molar-refractivity contribution is 14.0. The second-order valence-electron chi connectivity index (χ2n) is 5.74. The van der Waals surface area contributed by atoms with Crippen molar-refractivity contribution in [3.63, 3.8) is 0 Å². The zero-order valence-electron chi connectivity index (χ0n) is 13.4. The van der Waals surface area contributed by atoms with E-state index in [1.807, 2.05) is 11.8 Å². The van der Waals surface area contributed by atoms with Crippen LogP contribution in [0.2, 0.25) is 0 Å². The highest BCUT2D eigenvalue weighted by Gasteiger charge is 2.10. The fourth-order valence-corrected chi connectivity index (χ4v) is 3.08. The minimum atomic E-state index is 0. The Kier molecular flexibility index (Phi) is 9.00. The lowest BCUT2D eigenvalue weighted by Crippen LogP contribution is -2.34. The van der Waals surface area contributed by atoms with Crippen LogP contribution in [0.25, 0.3) is 0 Å². The smallest absolute Gasteiger partial charge is 0.188 e. The first-order valence-electron chi connectivity index (χ1n) is 7.60. The van der Waals surface area contributed by atoms with Gasteiger partial charge in [-0.25, -0.2) is 4.99 Å². The van der Waals surface area contributed by atoms with Gasteiger partial charge in [0.2, 0.25) is 0 Å². The molecule has 0 unspecified atom stereocenters. The maximum absolute atomic E-state index is 5.84. The van der Waals surface area contributed by atoms with Crippen molar-refractivity contribution >= 4 is 47.4 Å². The number of aliphatic imine (C=N–C) groups is 1. The minimum Gasteiger partial charge on any atom is -0.370 e. The summed E-state index contributed by atoms with van der Waals surface area (Å²) in [4.78, 5) is 6.82. The topological polar surface area (TPSA) is 53.6 Å². The van der Waals surface area contributed by atoms with Gasteiger partial charge in [-0.15, -0.1) is 24.0 Å². The third-order valence-corrected chi connectivity index (χ3v) is 4.38. The summed E-state index contributed by atoms with van der Waals surface area (Å²) < 4.78 is 0. The fraction of sp³-hybridized carbons (Fsp3) is 0.562. The van der Waals surface area contributed by atoms with E-state index in [0.717, 1.165) is 19.6 Å². The molecule has 6 heteroatoms. The maximum atomic E-state index is 5.84. The Morgan fingerprint density at radius 1 is 1.27 bits per heavy atom.